The molecular formula is C14H18O2. The molecule has 16 heavy (non-hydrogen) atoms. The Bertz CT molecular complexity index is 367. The molecule has 0 N–H and O–H groups in total. The molecule has 1 rings (SSSR count). The van der Waals surface area contributed by atoms with Crippen molar-refractivity contribution in [3.8, 4) is 0 Å². The maximum atomic E-state index is 10.5. The second kappa shape index (κ2) is 6.83. The van der Waals surface area contributed by atoms with Crippen LogP contribution in [0.5, 0.6) is 0 Å². The summed E-state index contributed by atoms with van der Waals surface area (Å²) in [4.78, 5) is 10.5. The molecular weight excluding hydrogens is 200 g/mol. The van der Waals surface area contributed by atoms with Gasteiger partial charge in [-0.2, -0.15) is 0 Å². The summed E-state index contributed by atoms with van der Waals surface area (Å²) in [7, 11) is 0. The SMILES string of the molecule is CCCc1cccc(C=CCOC(C)=O)c1. The van der Waals surface area contributed by atoms with Crippen LogP contribution in [-0.2, 0) is 16.0 Å². The molecule has 0 aliphatic carbocycles. The molecule has 0 saturated heterocycles. The van der Waals surface area contributed by atoms with Gasteiger partial charge in [-0.15, -0.1) is 0 Å². The van der Waals surface area contributed by atoms with E-state index in [2.05, 4.69) is 25.1 Å². The summed E-state index contributed by atoms with van der Waals surface area (Å²) in [5, 5.41) is 0. The molecule has 0 heterocycles. The molecule has 0 bridgehead atoms. The van der Waals surface area contributed by atoms with Gasteiger partial charge in [-0.05, 0) is 23.6 Å². The summed E-state index contributed by atoms with van der Waals surface area (Å²) < 4.78 is 4.82. The van der Waals surface area contributed by atoms with Crippen LogP contribution < -0.4 is 0 Å². The fourth-order valence-electron chi connectivity index (χ4n) is 1.49. The van der Waals surface area contributed by atoms with Crippen molar-refractivity contribution >= 4 is 12.0 Å². The third-order valence-electron chi connectivity index (χ3n) is 2.18. The average molecular weight is 218 g/mol. The van der Waals surface area contributed by atoms with Crippen LogP contribution in [0, 0.1) is 0 Å². The standard InChI is InChI=1S/C14H18O2/c1-3-6-13-7-4-8-14(11-13)9-5-10-16-12(2)15/h4-5,7-9,11H,3,6,10H2,1-2H3. The lowest BCUT2D eigenvalue weighted by Crippen LogP contribution is -1.97. The molecule has 0 radical (unpaired) electrons. The highest BCUT2D eigenvalue weighted by atomic mass is 16.5. The minimum Gasteiger partial charge on any atom is -0.462 e. The van der Waals surface area contributed by atoms with E-state index in [1.165, 1.54) is 12.5 Å². The van der Waals surface area contributed by atoms with E-state index in [4.69, 9.17) is 4.74 Å². The first-order valence-corrected chi connectivity index (χ1v) is 5.61. The van der Waals surface area contributed by atoms with Gasteiger partial charge in [0.1, 0.15) is 6.61 Å². The maximum absolute atomic E-state index is 10.5. The highest BCUT2D eigenvalue weighted by Gasteiger charge is 1.92. The second-order valence-corrected chi connectivity index (χ2v) is 3.70. The Balaban J connectivity index is 2.52. The molecule has 0 aromatic heterocycles. The lowest BCUT2D eigenvalue weighted by molar-refractivity contribution is -0.139. The predicted molar refractivity (Wildman–Crippen MR) is 66.1 cm³/mol. The van der Waals surface area contributed by atoms with Gasteiger partial charge in [-0.1, -0.05) is 43.7 Å². The molecule has 1 aromatic rings. The molecule has 0 fully saturated rings. The number of carbonyl (C=O) groups excluding carboxylic acids is 1. The molecule has 1 aromatic carbocycles. The second-order valence-electron chi connectivity index (χ2n) is 3.70. The molecule has 0 atom stereocenters. The summed E-state index contributed by atoms with van der Waals surface area (Å²) in [6.07, 6.45) is 6.08. The highest BCUT2D eigenvalue weighted by molar-refractivity contribution is 5.66. The van der Waals surface area contributed by atoms with Crippen molar-refractivity contribution in [2.75, 3.05) is 6.61 Å². The number of carbonyl (C=O) groups is 1. The van der Waals surface area contributed by atoms with Gasteiger partial charge in [0.15, 0.2) is 0 Å². The van der Waals surface area contributed by atoms with Gasteiger partial charge < -0.3 is 4.74 Å². The minimum absolute atomic E-state index is 0.246. The first-order chi connectivity index (χ1) is 7.72. The van der Waals surface area contributed by atoms with Gasteiger partial charge in [0.05, 0.1) is 0 Å². The summed E-state index contributed by atoms with van der Waals surface area (Å²) in [5.41, 5.74) is 2.50. The van der Waals surface area contributed by atoms with Crippen LogP contribution in [0.2, 0.25) is 0 Å². The van der Waals surface area contributed by atoms with Gasteiger partial charge in [-0.25, -0.2) is 0 Å². The predicted octanol–water partition coefficient (Wildman–Crippen LogP) is 3.22. The lowest BCUT2D eigenvalue weighted by Gasteiger charge is -2.00. The van der Waals surface area contributed by atoms with Crippen LogP contribution in [0.25, 0.3) is 6.08 Å². The van der Waals surface area contributed by atoms with E-state index in [0.29, 0.717) is 6.61 Å². The van der Waals surface area contributed by atoms with Crippen LogP contribution in [0.1, 0.15) is 31.4 Å². The molecule has 0 unspecified atom stereocenters. The third-order valence-corrected chi connectivity index (χ3v) is 2.18. The minimum atomic E-state index is -0.246. The summed E-state index contributed by atoms with van der Waals surface area (Å²) in [5.74, 6) is -0.246. The molecule has 86 valence electrons. The number of hydrogen-bond donors (Lipinski definition) is 0. The van der Waals surface area contributed by atoms with Crippen LogP contribution in [0.4, 0.5) is 0 Å². The largest absolute Gasteiger partial charge is 0.462 e. The Kier molecular flexibility index (Phi) is 5.34. The van der Waals surface area contributed by atoms with Crippen LogP contribution in [-0.4, -0.2) is 12.6 Å². The van der Waals surface area contributed by atoms with Gasteiger partial charge >= 0.3 is 5.97 Å². The van der Waals surface area contributed by atoms with Gasteiger partial charge in [0.2, 0.25) is 0 Å². The Labute approximate surface area is 96.9 Å². The van der Waals surface area contributed by atoms with Crippen molar-refractivity contribution in [2.24, 2.45) is 0 Å². The van der Waals surface area contributed by atoms with E-state index in [1.54, 1.807) is 0 Å². The molecule has 0 aliphatic heterocycles. The van der Waals surface area contributed by atoms with Gasteiger partial charge in [-0.3, -0.25) is 4.79 Å². The van der Waals surface area contributed by atoms with Crippen molar-refractivity contribution in [3.63, 3.8) is 0 Å². The Morgan fingerprint density at radius 1 is 1.44 bits per heavy atom. The van der Waals surface area contributed by atoms with Crippen molar-refractivity contribution in [2.45, 2.75) is 26.7 Å². The number of hydrogen-bond acceptors (Lipinski definition) is 2. The van der Waals surface area contributed by atoms with Crippen molar-refractivity contribution in [1.82, 2.24) is 0 Å². The Morgan fingerprint density at radius 3 is 2.94 bits per heavy atom. The van der Waals surface area contributed by atoms with Crippen LogP contribution in [0.15, 0.2) is 30.3 Å². The smallest absolute Gasteiger partial charge is 0.302 e. The van der Waals surface area contributed by atoms with Crippen LogP contribution in [0.3, 0.4) is 0 Å². The van der Waals surface area contributed by atoms with Gasteiger partial charge in [0.25, 0.3) is 0 Å². The first-order valence-electron chi connectivity index (χ1n) is 5.61. The number of benzene rings is 1. The average Bonchev–Trinajstić information content (AvgIpc) is 2.25. The zero-order valence-electron chi connectivity index (χ0n) is 9.90. The van der Waals surface area contributed by atoms with E-state index < -0.39 is 0 Å². The topological polar surface area (TPSA) is 26.3 Å². The summed E-state index contributed by atoms with van der Waals surface area (Å²) in [6, 6.07) is 8.39. The summed E-state index contributed by atoms with van der Waals surface area (Å²) in [6.45, 7) is 3.92. The van der Waals surface area contributed by atoms with Crippen molar-refractivity contribution in [3.05, 3.63) is 41.5 Å². The third kappa shape index (κ3) is 4.78. The van der Waals surface area contributed by atoms with Crippen molar-refractivity contribution in [1.29, 1.82) is 0 Å². The van der Waals surface area contributed by atoms with E-state index in [9.17, 15) is 4.79 Å². The van der Waals surface area contributed by atoms with E-state index >= 15 is 0 Å². The quantitative estimate of drug-likeness (QED) is 0.709. The number of esters is 1. The van der Waals surface area contributed by atoms with E-state index in [-0.39, 0.29) is 5.97 Å². The lowest BCUT2D eigenvalue weighted by atomic mass is 10.1. The molecule has 2 heteroatoms. The maximum Gasteiger partial charge on any atom is 0.302 e. The zero-order valence-corrected chi connectivity index (χ0v) is 9.90. The Hall–Kier alpha value is -1.57. The molecule has 0 spiro atoms. The Morgan fingerprint density at radius 2 is 2.25 bits per heavy atom. The number of aryl methyl sites for hydroxylation is 1. The molecule has 0 amide bonds. The molecule has 2 nitrogen and oxygen atoms in total. The van der Waals surface area contributed by atoms with E-state index in [1.807, 2.05) is 18.2 Å². The molecule has 0 aliphatic rings. The van der Waals surface area contributed by atoms with E-state index in [0.717, 1.165) is 18.4 Å². The van der Waals surface area contributed by atoms with Gasteiger partial charge in [0, 0.05) is 6.92 Å². The normalized spacial score (nSPS) is 10.6. The van der Waals surface area contributed by atoms with Crippen LogP contribution >= 0.6 is 0 Å². The van der Waals surface area contributed by atoms with Crippen molar-refractivity contribution < 1.29 is 9.53 Å². The monoisotopic (exact) mass is 218 g/mol. The highest BCUT2D eigenvalue weighted by Crippen LogP contribution is 2.09. The summed E-state index contributed by atoms with van der Waals surface area (Å²) >= 11 is 0. The first kappa shape index (κ1) is 12.5. The number of ether oxygens (including phenoxy) is 1. The number of rotatable bonds is 5. The zero-order chi connectivity index (χ0) is 11.8. The fraction of sp³-hybridized carbons (Fsp3) is 0.357. The molecule has 0 saturated carbocycles. The fourth-order valence-corrected chi connectivity index (χ4v) is 1.49.